The van der Waals surface area contributed by atoms with Gasteiger partial charge < -0.3 is 35.4 Å². The van der Waals surface area contributed by atoms with Crippen LogP contribution in [0.4, 0.5) is 34.6 Å². The van der Waals surface area contributed by atoms with Crippen molar-refractivity contribution in [2.45, 2.75) is 114 Å². The molecule has 2 spiro atoms. The first kappa shape index (κ1) is 51.8. The zero-order chi connectivity index (χ0) is 53.6. The summed E-state index contributed by atoms with van der Waals surface area (Å²) in [7, 11) is 1.44. The summed E-state index contributed by atoms with van der Waals surface area (Å²) >= 11 is 6.39. The largest absolute Gasteiger partial charge is 0.495 e. The van der Waals surface area contributed by atoms with E-state index in [-0.39, 0.29) is 69.2 Å². The fourth-order valence-corrected chi connectivity index (χ4v) is 13.7. The molecule has 4 aromatic rings. The molecule has 7 heterocycles. The minimum absolute atomic E-state index is 0.0934. The number of aromatic nitrogens is 1. The molecule has 5 fully saturated rings. The van der Waals surface area contributed by atoms with Crippen LogP contribution in [0.2, 0.25) is 5.02 Å². The first-order valence-corrected chi connectivity index (χ1v) is 26.6. The van der Waals surface area contributed by atoms with Gasteiger partial charge in [-0.15, -0.1) is 0 Å². The number of alkyl halides is 3. The van der Waals surface area contributed by atoms with Gasteiger partial charge >= 0.3 is 6.18 Å². The van der Waals surface area contributed by atoms with Gasteiger partial charge in [0.25, 0.3) is 11.8 Å². The van der Waals surface area contributed by atoms with Crippen LogP contribution in [-0.4, -0.2) is 126 Å². The molecule has 11 rings (SSSR count). The zero-order valence-electron chi connectivity index (χ0n) is 42.9. The summed E-state index contributed by atoms with van der Waals surface area (Å²) in [6, 6.07) is 14.5. The number of halogens is 5. The fourth-order valence-electron chi connectivity index (χ4n) is 13.5. The molecule has 4 saturated heterocycles. The summed E-state index contributed by atoms with van der Waals surface area (Å²) in [4.78, 5) is 78.5. The Labute approximate surface area is 443 Å². The number of rotatable bonds is 9. The van der Waals surface area contributed by atoms with Crippen molar-refractivity contribution in [1.82, 2.24) is 30.3 Å². The van der Waals surface area contributed by atoms with Gasteiger partial charge in [0.1, 0.15) is 23.3 Å². The molecule has 5 amide bonds. The molecule has 15 nitrogen and oxygen atoms in total. The van der Waals surface area contributed by atoms with Crippen molar-refractivity contribution in [2.75, 3.05) is 68.5 Å². The Morgan fingerprint density at radius 3 is 2.39 bits per heavy atom. The normalized spacial score (nSPS) is 25.6. The van der Waals surface area contributed by atoms with Gasteiger partial charge in [-0.1, -0.05) is 44.5 Å². The third-order valence-electron chi connectivity index (χ3n) is 17.4. The van der Waals surface area contributed by atoms with Crippen LogP contribution in [0.25, 0.3) is 0 Å². The molecule has 402 valence electrons. The highest BCUT2D eigenvalue weighted by atomic mass is 35.5. The van der Waals surface area contributed by atoms with E-state index in [2.05, 4.69) is 42.1 Å². The number of methoxy groups -OCH3 is 1. The van der Waals surface area contributed by atoms with Crippen LogP contribution < -0.4 is 30.9 Å². The standard InChI is InChI=1S/C56H62ClF4N9O6/c1-53(2,3)27-44-55(30-63-40-24-43(56(59,60)61)62-28-37(40)55)46(36-6-5-7-38(57)47(36)58)48(65-44)50(73)64-39-11-8-31(23-42(39)76-4)51(74)69-20-18-68(19-21-69)34-25-54(26-34)14-16-67(17-15-54)33-9-10-35-32(22-33)29-70(52(35)75)41-12-13-45(71)66-49(41)72/h5-11,22-24,28,34,41,44,46,48,63,65H,12-21,25-27,29-30H2,1-4H3,(H,64,73)(H,66,71,72)/t41?,44-,46-,48+,55-/m0/s1. The molecule has 1 saturated carbocycles. The van der Waals surface area contributed by atoms with Crippen LogP contribution in [0.1, 0.15) is 115 Å². The number of piperidine rings is 2. The average Bonchev–Trinajstić information content (AvgIpc) is 4.04. The lowest BCUT2D eigenvalue weighted by molar-refractivity contribution is -0.141. The minimum Gasteiger partial charge on any atom is -0.495 e. The molecule has 5 atom stereocenters. The lowest BCUT2D eigenvalue weighted by Crippen LogP contribution is -2.59. The summed E-state index contributed by atoms with van der Waals surface area (Å²) in [6.07, 6.45) is 1.85. The monoisotopic (exact) mass is 1070 g/mol. The predicted octanol–water partition coefficient (Wildman–Crippen LogP) is 7.73. The maximum absolute atomic E-state index is 16.4. The van der Waals surface area contributed by atoms with E-state index < -0.39 is 59.0 Å². The van der Waals surface area contributed by atoms with Crippen molar-refractivity contribution in [3.63, 3.8) is 0 Å². The van der Waals surface area contributed by atoms with Gasteiger partial charge in [0.15, 0.2) is 0 Å². The molecule has 0 bridgehead atoms. The number of carbonyl (C=O) groups excluding carboxylic acids is 5. The van der Waals surface area contributed by atoms with E-state index in [1.165, 1.54) is 19.4 Å². The molecule has 7 aliphatic rings. The number of hydrogen-bond donors (Lipinski definition) is 4. The molecule has 3 aromatic carbocycles. The van der Waals surface area contributed by atoms with Crippen molar-refractivity contribution in [1.29, 1.82) is 0 Å². The van der Waals surface area contributed by atoms with Gasteiger partial charge in [-0.25, -0.2) is 4.39 Å². The number of fused-ring (bicyclic) bond motifs is 3. The first-order valence-electron chi connectivity index (χ1n) is 26.2. The van der Waals surface area contributed by atoms with E-state index in [9.17, 15) is 37.1 Å². The zero-order valence-corrected chi connectivity index (χ0v) is 43.7. The highest BCUT2D eigenvalue weighted by molar-refractivity contribution is 6.30. The number of benzene rings is 3. The van der Waals surface area contributed by atoms with Crippen LogP contribution in [0.15, 0.2) is 66.9 Å². The number of ether oxygens (including phenoxy) is 1. The molecule has 1 aliphatic carbocycles. The molecular formula is C56H62ClF4N9O6. The molecule has 0 radical (unpaired) electrons. The molecule has 1 aromatic heterocycles. The lowest BCUT2D eigenvalue weighted by atomic mass is 9.60. The third kappa shape index (κ3) is 9.22. The van der Waals surface area contributed by atoms with Crippen LogP contribution >= 0.6 is 11.6 Å². The van der Waals surface area contributed by atoms with Crippen molar-refractivity contribution in [3.8, 4) is 5.75 Å². The highest BCUT2D eigenvalue weighted by Crippen LogP contribution is 2.57. The second-order valence-electron chi connectivity index (χ2n) is 23.1. The number of pyridine rings is 1. The van der Waals surface area contributed by atoms with Gasteiger partial charge in [0, 0.05) is 116 Å². The number of piperazine rings is 1. The maximum Gasteiger partial charge on any atom is 0.433 e. The van der Waals surface area contributed by atoms with E-state index in [4.69, 9.17) is 16.3 Å². The molecule has 76 heavy (non-hydrogen) atoms. The number of imide groups is 1. The Hall–Kier alpha value is -6.31. The number of nitrogens with zero attached hydrogens (tertiary/aromatic N) is 5. The SMILES string of the molecule is COc1cc(C(=O)N2CCN(C3CC4(CCN(c5ccc6c(c5)CN(C5CCC(=O)NC5=O)C6=O)CC4)C3)CC2)ccc1NC(=O)[C@@H]1N[C@@H](CC(C)(C)C)[C@@]2(CNc3cc(C(F)(F)F)ncc32)[C@H]1c1cccc(Cl)c1F. The number of anilines is 3. The van der Waals surface area contributed by atoms with Crippen LogP contribution in [0.3, 0.4) is 0 Å². The lowest BCUT2D eigenvalue weighted by Gasteiger charge is -2.56. The Morgan fingerprint density at radius 1 is 0.947 bits per heavy atom. The third-order valence-corrected chi connectivity index (χ3v) is 17.7. The van der Waals surface area contributed by atoms with E-state index in [0.717, 1.165) is 69.2 Å². The summed E-state index contributed by atoms with van der Waals surface area (Å²) in [5.74, 6) is -3.04. The van der Waals surface area contributed by atoms with Gasteiger partial charge in [-0.2, -0.15) is 13.2 Å². The van der Waals surface area contributed by atoms with Crippen molar-refractivity contribution in [2.24, 2.45) is 10.8 Å². The Bertz CT molecular complexity index is 3020. The van der Waals surface area contributed by atoms with E-state index in [0.29, 0.717) is 55.2 Å². The molecule has 1 unspecified atom stereocenters. The summed E-state index contributed by atoms with van der Waals surface area (Å²) in [6.45, 7) is 10.9. The first-order chi connectivity index (χ1) is 36.1. The van der Waals surface area contributed by atoms with Gasteiger partial charge in [0.2, 0.25) is 17.7 Å². The second kappa shape index (κ2) is 19.3. The quantitative estimate of drug-likeness (QED) is 0.0957. The van der Waals surface area contributed by atoms with E-state index in [1.54, 1.807) is 35.2 Å². The molecule has 6 aliphatic heterocycles. The number of hydrogen-bond acceptors (Lipinski definition) is 11. The maximum atomic E-state index is 16.4. The summed E-state index contributed by atoms with van der Waals surface area (Å²) in [5.41, 5.74) is 1.77. The predicted molar refractivity (Wildman–Crippen MR) is 277 cm³/mol. The molecular weight excluding hydrogens is 1010 g/mol. The van der Waals surface area contributed by atoms with Crippen LogP contribution in [0.5, 0.6) is 5.75 Å². The summed E-state index contributed by atoms with van der Waals surface area (Å²) in [5, 5.41) is 11.9. The molecule has 4 N–H and O–H groups in total. The fraction of sp³-hybridized carbons (Fsp3) is 0.500. The molecule has 20 heteroatoms. The average molecular weight is 1070 g/mol. The number of carbonyl (C=O) groups is 5. The smallest absolute Gasteiger partial charge is 0.433 e. The number of amides is 5. The van der Waals surface area contributed by atoms with Crippen LogP contribution in [-0.2, 0) is 32.5 Å². The van der Waals surface area contributed by atoms with Crippen LogP contribution in [0, 0.1) is 16.6 Å². The Balaban J connectivity index is 0.721. The second-order valence-corrected chi connectivity index (χ2v) is 23.5. The highest BCUT2D eigenvalue weighted by Gasteiger charge is 2.62. The van der Waals surface area contributed by atoms with Crippen molar-refractivity contribution in [3.05, 3.63) is 111 Å². The van der Waals surface area contributed by atoms with Gasteiger partial charge in [-0.3, -0.25) is 39.2 Å². The Morgan fingerprint density at radius 2 is 1.70 bits per heavy atom. The van der Waals surface area contributed by atoms with E-state index in [1.807, 2.05) is 37.8 Å². The minimum atomic E-state index is -4.70. The van der Waals surface area contributed by atoms with Gasteiger partial charge in [-0.05, 0) is 109 Å². The number of nitrogens with one attached hydrogen (secondary N) is 4. The topological polar surface area (TPSA) is 169 Å². The van der Waals surface area contributed by atoms with Gasteiger partial charge in [0.05, 0.1) is 23.9 Å². The Kier molecular flexibility index (Phi) is 13.2. The van der Waals surface area contributed by atoms with E-state index >= 15 is 4.39 Å². The van der Waals surface area contributed by atoms with Crippen molar-refractivity contribution < 1.29 is 46.3 Å². The van der Waals surface area contributed by atoms with Crippen molar-refractivity contribution >= 4 is 58.2 Å². The summed E-state index contributed by atoms with van der Waals surface area (Å²) < 4.78 is 63.9.